The van der Waals surface area contributed by atoms with E-state index in [1.165, 1.54) is 25.7 Å². The van der Waals surface area contributed by atoms with Gasteiger partial charge < -0.3 is 0 Å². The Morgan fingerprint density at radius 1 is 1.00 bits per heavy atom. The van der Waals surface area contributed by atoms with E-state index in [1.54, 1.807) is 0 Å². The average Bonchev–Trinajstić information content (AvgIpc) is 2.27. The summed E-state index contributed by atoms with van der Waals surface area (Å²) in [4.78, 5) is 0. The minimum Gasteiger partial charge on any atom is -0.101 e. The molecule has 0 heterocycles. The van der Waals surface area contributed by atoms with Gasteiger partial charge in [-0.15, -0.1) is 23.2 Å². The Morgan fingerprint density at radius 2 is 1.44 bits per heavy atom. The molecule has 0 aromatic heterocycles. The first-order valence-corrected chi connectivity index (χ1v) is 4.30. The Labute approximate surface area is 65.5 Å². The lowest BCUT2D eigenvalue weighted by Gasteiger charge is -2.06. The molecular weight excluding hydrogens is 155 g/mol. The fourth-order valence-corrected chi connectivity index (χ4v) is 2.86. The van der Waals surface area contributed by atoms with E-state index in [1.807, 2.05) is 0 Å². The summed E-state index contributed by atoms with van der Waals surface area (Å²) in [6.07, 6.45) is 6.24. The summed E-state index contributed by atoms with van der Waals surface area (Å²) in [5.74, 6) is 0. The molecule has 0 unspecified atom stereocenters. The van der Waals surface area contributed by atoms with Crippen molar-refractivity contribution in [1.29, 1.82) is 0 Å². The van der Waals surface area contributed by atoms with Gasteiger partial charge in [-0.25, -0.2) is 0 Å². The molecule has 0 bridgehead atoms. The van der Waals surface area contributed by atoms with Crippen LogP contribution in [-0.4, -0.2) is 4.33 Å². The summed E-state index contributed by atoms with van der Waals surface area (Å²) in [5, 5.41) is 0. The van der Waals surface area contributed by atoms with Crippen LogP contribution in [0.3, 0.4) is 0 Å². The molecule has 0 atom stereocenters. The van der Waals surface area contributed by atoms with E-state index in [9.17, 15) is 0 Å². The second-order valence-electron chi connectivity index (χ2n) is 3.37. The molecule has 52 valence electrons. The molecule has 0 aromatic rings. The van der Waals surface area contributed by atoms with Gasteiger partial charge in [0.25, 0.3) is 0 Å². The highest BCUT2D eigenvalue weighted by molar-refractivity contribution is 6.51. The SMILES string of the molecule is ClC1(Cl)CC12CCCC2. The van der Waals surface area contributed by atoms with Crippen molar-refractivity contribution in [2.75, 3.05) is 0 Å². The van der Waals surface area contributed by atoms with Crippen molar-refractivity contribution in [3.63, 3.8) is 0 Å². The molecule has 0 amide bonds. The normalized spacial score (nSPS) is 35.3. The number of hydrogen-bond donors (Lipinski definition) is 0. The van der Waals surface area contributed by atoms with Crippen molar-refractivity contribution in [3.05, 3.63) is 0 Å². The average molecular weight is 165 g/mol. The minimum absolute atomic E-state index is 0.330. The van der Waals surface area contributed by atoms with Crippen molar-refractivity contribution in [2.24, 2.45) is 5.41 Å². The summed E-state index contributed by atoms with van der Waals surface area (Å²) < 4.78 is -0.330. The zero-order valence-electron chi connectivity index (χ0n) is 5.29. The first-order chi connectivity index (χ1) is 4.16. The van der Waals surface area contributed by atoms with Crippen LogP contribution >= 0.6 is 23.2 Å². The van der Waals surface area contributed by atoms with Gasteiger partial charge >= 0.3 is 0 Å². The van der Waals surface area contributed by atoms with Crippen molar-refractivity contribution in [3.8, 4) is 0 Å². The summed E-state index contributed by atoms with van der Waals surface area (Å²) in [6.45, 7) is 0. The quantitative estimate of drug-likeness (QED) is 0.483. The fraction of sp³-hybridized carbons (Fsp3) is 1.00. The number of halogens is 2. The molecule has 2 aliphatic rings. The Balaban J connectivity index is 2.13. The third-order valence-electron chi connectivity index (χ3n) is 2.77. The zero-order valence-corrected chi connectivity index (χ0v) is 6.80. The van der Waals surface area contributed by atoms with Crippen LogP contribution in [0.1, 0.15) is 32.1 Å². The van der Waals surface area contributed by atoms with Gasteiger partial charge in [-0.2, -0.15) is 0 Å². The Morgan fingerprint density at radius 3 is 1.67 bits per heavy atom. The maximum absolute atomic E-state index is 5.97. The smallest absolute Gasteiger partial charge is 0.101 e. The van der Waals surface area contributed by atoms with Crippen LogP contribution in [0.25, 0.3) is 0 Å². The van der Waals surface area contributed by atoms with Gasteiger partial charge in [-0.1, -0.05) is 12.8 Å². The molecule has 9 heavy (non-hydrogen) atoms. The number of alkyl halides is 2. The third-order valence-corrected chi connectivity index (χ3v) is 3.84. The van der Waals surface area contributed by atoms with Crippen LogP contribution in [0.5, 0.6) is 0 Å². The van der Waals surface area contributed by atoms with Crippen LogP contribution in [0.15, 0.2) is 0 Å². The van der Waals surface area contributed by atoms with Gasteiger partial charge in [0.2, 0.25) is 0 Å². The van der Waals surface area contributed by atoms with Gasteiger partial charge in [-0.3, -0.25) is 0 Å². The predicted molar refractivity (Wildman–Crippen MR) is 40.0 cm³/mol. The second kappa shape index (κ2) is 1.60. The van der Waals surface area contributed by atoms with Crippen LogP contribution < -0.4 is 0 Å². The van der Waals surface area contributed by atoms with E-state index < -0.39 is 0 Å². The van der Waals surface area contributed by atoms with E-state index in [2.05, 4.69) is 0 Å². The monoisotopic (exact) mass is 164 g/mol. The fourth-order valence-electron chi connectivity index (χ4n) is 1.98. The zero-order chi connectivity index (χ0) is 6.54. The third kappa shape index (κ3) is 0.729. The molecule has 2 rings (SSSR count). The molecule has 0 aliphatic heterocycles. The largest absolute Gasteiger partial charge is 0.124 e. The maximum atomic E-state index is 5.97. The second-order valence-corrected chi connectivity index (χ2v) is 4.85. The highest BCUT2D eigenvalue weighted by Gasteiger charge is 2.66. The molecule has 0 aromatic carbocycles. The van der Waals surface area contributed by atoms with E-state index in [-0.39, 0.29) is 4.33 Å². The van der Waals surface area contributed by atoms with E-state index in [4.69, 9.17) is 23.2 Å². The summed E-state index contributed by atoms with van der Waals surface area (Å²) in [6, 6.07) is 0. The molecule has 2 aliphatic carbocycles. The predicted octanol–water partition coefficient (Wildman–Crippen LogP) is 3.12. The van der Waals surface area contributed by atoms with Crippen molar-refractivity contribution in [1.82, 2.24) is 0 Å². The molecule has 0 N–H and O–H groups in total. The highest BCUT2D eigenvalue weighted by atomic mass is 35.5. The Hall–Kier alpha value is 0.580. The Kier molecular flexibility index (Phi) is 1.12. The lowest BCUT2D eigenvalue weighted by Crippen LogP contribution is -2.02. The molecular formula is C7H10Cl2. The first-order valence-electron chi connectivity index (χ1n) is 3.54. The minimum atomic E-state index is -0.330. The van der Waals surface area contributed by atoms with Gasteiger partial charge in [-0.05, 0) is 19.3 Å². The van der Waals surface area contributed by atoms with Gasteiger partial charge in [0.05, 0.1) is 0 Å². The van der Waals surface area contributed by atoms with Gasteiger partial charge in [0.15, 0.2) is 0 Å². The summed E-state index contributed by atoms with van der Waals surface area (Å²) in [5.41, 5.74) is 0.371. The number of rotatable bonds is 0. The lowest BCUT2D eigenvalue weighted by molar-refractivity contribution is 0.526. The van der Waals surface area contributed by atoms with Crippen LogP contribution in [0, 0.1) is 5.41 Å². The van der Waals surface area contributed by atoms with Crippen molar-refractivity contribution >= 4 is 23.2 Å². The first kappa shape index (κ1) is 6.30. The number of hydrogen-bond acceptors (Lipinski definition) is 0. The van der Waals surface area contributed by atoms with Gasteiger partial charge in [0, 0.05) is 5.41 Å². The molecule has 0 radical (unpaired) electrons. The van der Waals surface area contributed by atoms with Crippen molar-refractivity contribution in [2.45, 2.75) is 36.4 Å². The highest BCUT2D eigenvalue weighted by Crippen LogP contribution is 2.71. The molecule has 2 saturated carbocycles. The summed E-state index contributed by atoms with van der Waals surface area (Å²) in [7, 11) is 0. The van der Waals surface area contributed by atoms with Crippen LogP contribution in [-0.2, 0) is 0 Å². The van der Waals surface area contributed by atoms with E-state index in [0.717, 1.165) is 6.42 Å². The lowest BCUT2D eigenvalue weighted by atomic mass is 10.1. The molecule has 2 heteroatoms. The molecule has 0 nitrogen and oxygen atoms in total. The van der Waals surface area contributed by atoms with E-state index >= 15 is 0 Å². The molecule has 1 spiro atoms. The van der Waals surface area contributed by atoms with Gasteiger partial charge in [0.1, 0.15) is 4.33 Å². The van der Waals surface area contributed by atoms with Crippen molar-refractivity contribution < 1.29 is 0 Å². The summed E-state index contributed by atoms with van der Waals surface area (Å²) >= 11 is 11.9. The van der Waals surface area contributed by atoms with Crippen LogP contribution in [0.4, 0.5) is 0 Å². The Bertz CT molecular complexity index is 128. The van der Waals surface area contributed by atoms with Crippen LogP contribution in [0.2, 0.25) is 0 Å². The molecule has 2 fully saturated rings. The standard InChI is InChI=1S/C7H10Cl2/c8-7(9)5-6(7)3-1-2-4-6/h1-5H2. The van der Waals surface area contributed by atoms with E-state index in [0.29, 0.717) is 5.41 Å². The molecule has 0 saturated heterocycles. The topological polar surface area (TPSA) is 0 Å². The maximum Gasteiger partial charge on any atom is 0.124 e.